The fourth-order valence-electron chi connectivity index (χ4n) is 3.26. The number of fused-ring (bicyclic) bond motifs is 3. The average molecular weight is 309 g/mol. The van der Waals surface area contributed by atoms with Crippen molar-refractivity contribution in [2.24, 2.45) is 0 Å². The number of amides is 1. The van der Waals surface area contributed by atoms with E-state index in [-0.39, 0.29) is 5.91 Å². The molecule has 0 heterocycles. The maximum atomic E-state index is 12.7. The molecule has 0 radical (unpaired) electrons. The maximum Gasteiger partial charge on any atom is 0.253 e. The van der Waals surface area contributed by atoms with Crippen LogP contribution in [0.25, 0.3) is 11.1 Å². The number of carbonyl (C=O) groups is 1. The van der Waals surface area contributed by atoms with Crippen LogP contribution in [0.3, 0.4) is 0 Å². The highest BCUT2D eigenvalue weighted by atomic mass is 16.3. The number of carbonyl (C=O) groups excluding carboxylic acids is 1. The van der Waals surface area contributed by atoms with Crippen molar-refractivity contribution in [3.8, 4) is 11.1 Å². The number of rotatable bonds is 4. The first-order valence-electron chi connectivity index (χ1n) is 8.12. The van der Waals surface area contributed by atoms with Gasteiger partial charge in [-0.25, -0.2) is 0 Å². The molecule has 3 nitrogen and oxygen atoms in total. The van der Waals surface area contributed by atoms with Gasteiger partial charge in [0.15, 0.2) is 0 Å². The number of nitrogens with zero attached hydrogens (tertiary/aromatic N) is 1. The van der Waals surface area contributed by atoms with E-state index in [4.69, 9.17) is 0 Å². The molecule has 3 heteroatoms. The Balaban J connectivity index is 1.88. The van der Waals surface area contributed by atoms with E-state index in [1.807, 2.05) is 25.1 Å². The van der Waals surface area contributed by atoms with Gasteiger partial charge >= 0.3 is 0 Å². The van der Waals surface area contributed by atoms with Crippen molar-refractivity contribution in [1.29, 1.82) is 0 Å². The van der Waals surface area contributed by atoms with Gasteiger partial charge in [-0.05, 0) is 61.6 Å². The van der Waals surface area contributed by atoms with Crippen LogP contribution in [0.5, 0.6) is 0 Å². The first-order valence-corrected chi connectivity index (χ1v) is 8.12. The second-order valence-corrected chi connectivity index (χ2v) is 6.84. The van der Waals surface area contributed by atoms with E-state index in [2.05, 4.69) is 24.3 Å². The number of likely N-dealkylation sites (N-methyl/N-ethyl adjacent to an activating group) is 1. The van der Waals surface area contributed by atoms with E-state index >= 15 is 0 Å². The smallest absolute Gasteiger partial charge is 0.253 e. The van der Waals surface area contributed by atoms with Crippen molar-refractivity contribution in [1.82, 2.24) is 4.90 Å². The lowest BCUT2D eigenvalue weighted by Crippen LogP contribution is -2.42. The quantitative estimate of drug-likeness (QED) is 0.801. The van der Waals surface area contributed by atoms with Gasteiger partial charge in [0.2, 0.25) is 0 Å². The number of hydrogen-bond acceptors (Lipinski definition) is 2. The fraction of sp³-hybridized carbons (Fsp3) is 0.350. The zero-order valence-electron chi connectivity index (χ0n) is 14.0. The second kappa shape index (κ2) is 5.82. The van der Waals surface area contributed by atoms with E-state index < -0.39 is 5.60 Å². The summed E-state index contributed by atoms with van der Waals surface area (Å²) >= 11 is 0. The molecule has 1 aliphatic carbocycles. The van der Waals surface area contributed by atoms with Gasteiger partial charge in [-0.2, -0.15) is 0 Å². The molecule has 0 aliphatic heterocycles. The Kier molecular flexibility index (Phi) is 3.99. The zero-order chi connectivity index (χ0) is 16.6. The lowest BCUT2D eigenvalue weighted by atomic mass is 10.0. The molecule has 0 spiro atoms. The molecular formula is C20H23NO2. The first kappa shape index (κ1) is 15.8. The highest BCUT2D eigenvalue weighted by Crippen LogP contribution is 2.36. The third-order valence-electron chi connectivity index (χ3n) is 4.29. The van der Waals surface area contributed by atoms with Crippen LogP contribution in [0, 0.1) is 0 Å². The molecule has 0 fully saturated rings. The van der Waals surface area contributed by atoms with Gasteiger partial charge in [0, 0.05) is 18.7 Å². The van der Waals surface area contributed by atoms with Crippen LogP contribution < -0.4 is 0 Å². The normalized spacial score (nSPS) is 12.7. The Hall–Kier alpha value is -2.13. The van der Waals surface area contributed by atoms with Crippen LogP contribution in [-0.4, -0.2) is 34.6 Å². The molecule has 0 saturated heterocycles. The van der Waals surface area contributed by atoms with Crippen molar-refractivity contribution < 1.29 is 9.90 Å². The number of benzene rings is 2. The number of hydrogen-bond donors (Lipinski definition) is 1. The highest BCUT2D eigenvalue weighted by molar-refractivity contribution is 5.95. The van der Waals surface area contributed by atoms with Crippen molar-refractivity contribution in [2.45, 2.75) is 32.8 Å². The van der Waals surface area contributed by atoms with Crippen LogP contribution in [0.4, 0.5) is 0 Å². The van der Waals surface area contributed by atoms with Gasteiger partial charge in [-0.3, -0.25) is 4.79 Å². The SMILES string of the molecule is CCN(CC(C)(C)O)C(=O)c1ccc2c(c1)Cc1ccccc1-2. The Bertz CT molecular complexity index is 744. The van der Waals surface area contributed by atoms with Crippen molar-refractivity contribution in [2.75, 3.05) is 13.1 Å². The molecule has 1 N–H and O–H groups in total. The summed E-state index contributed by atoms with van der Waals surface area (Å²) in [6.45, 7) is 6.30. The molecular weight excluding hydrogens is 286 g/mol. The predicted octanol–water partition coefficient (Wildman–Crippen LogP) is 3.49. The molecule has 0 aromatic heterocycles. The topological polar surface area (TPSA) is 40.5 Å². The number of aliphatic hydroxyl groups is 1. The van der Waals surface area contributed by atoms with Gasteiger partial charge < -0.3 is 10.0 Å². The average Bonchev–Trinajstić information content (AvgIpc) is 2.88. The molecule has 0 bridgehead atoms. The molecule has 0 saturated carbocycles. The molecule has 120 valence electrons. The lowest BCUT2D eigenvalue weighted by molar-refractivity contribution is 0.0314. The summed E-state index contributed by atoms with van der Waals surface area (Å²) in [7, 11) is 0. The fourth-order valence-corrected chi connectivity index (χ4v) is 3.26. The summed E-state index contributed by atoms with van der Waals surface area (Å²) in [6.07, 6.45) is 0.879. The van der Waals surface area contributed by atoms with Crippen LogP contribution >= 0.6 is 0 Å². The summed E-state index contributed by atoms with van der Waals surface area (Å²) in [4.78, 5) is 14.4. The van der Waals surface area contributed by atoms with E-state index in [1.165, 1.54) is 22.3 Å². The van der Waals surface area contributed by atoms with Crippen LogP contribution in [-0.2, 0) is 6.42 Å². The highest BCUT2D eigenvalue weighted by Gasteiger charge is 2.24. The van der Waals surface area contributed by atoms with Gasteiger partial charge in [0.25, 0.3) is 5.91 Å². The molecule has 2 aromatic carbocycles. The molecule has 3 rings (SSSR count). The lowest BCUT2D eigenvalue weighted by Gasteiger charge is -2.28. The molecule has 0 atom stereocenters. The van der Waals surface area contributed by atoms with Gasteiger partial charge in [0.1, 0.15) is 0 Å². The zero-order valence-corrected chi connectivity index (χ0v) is 14.0. The monoisotopic (exact) mass is 309 g/mol. The third-order valence-corrected chi connectivity index (χ3v) is 4.29. The Morgan fingerprint density at radius 1 is 1.13 bits per heavy atom. The van der Waals surface area contributed by atoms with Crippen molar-refractivity contribution >= 4 is 5.91 Å². The van der Waals surface area contributed by atoms with Gasteiger partial charge in [0.05, 0.1) is 5.60 Å². The van der Waals surface area contributed by atoms with Crippen molar-refractivity contribution in [3.63, 3.8) is 0 Å². The minimum atomic E-state index is -0.890. The predicted molar refractivity (Wildman–Crippen MR) is 92.6 cm³/mol. The summed E-state index contributed by atoms with van der Waals surface area (Å²) in [6, 6.07) is 14.3. The Morgan fingerprint density at radius 3 is 2.52 bits per heavy atom. The standard InChI is InChI=1S/C20H23NO2/c1-4-21(13-20(2,3)23)19(22)15-9-10-18-16(12-15)11-14-7-5-6-8-17(14)18/h5-10,12,23H,4,11,13H2,1-3H3. The molecule has 0 unspecified atom stereocenters. The second-order valence-electron chi connectivity index (χ2n) is 6.84. The first-order chi connectivity index (χ1) is 10.9. The van der Waals surface area contributed by atoms with E-state index in [9.17, 15) is 9.90 Å². The van der Waals surface area contributed by atoms with Gasteiger partial charge in [-0.1, -0.05) is 30.3 Å². The molecule has 2 aromatic rings. The third kappa shape index (κ3) is 3.15. The van der Waals surface area contributed by atoms with Gasteiger partial charge in [-0.15, -0.1) is 0 Å². The van der Waals surface area contributed by atoms with Crippen LogP contribution in [0.15, 0.2) is 42.5 Å². The van der Waals surface area contributed by atoms with Crippen LogP contribution in [0.1, 0.15) is 42.3 Å². The largest absolute Gasteiger partial charge is 0.389 e. The molecule has 1 amide bonds. The van der Waals surface area contributed by atoms with E-state index in [0.717, 1.165) is 6.42 Å². The van der Waals surface area contributed by atoms with E-state index in [0.29, 0.717) is 18.7 Å². The van der Waals surface area contributed by atoms with Crippen LogP contribution in [0.2, 0.25) is 0 Å². The Morgan fingerprint density at radius 2 is 1.83 bits per heavy atom. The summed E-state index contributed by atoms with van der Waals surface area (Å²) in [5, 5.41) is 9.99. The molecule has 23 heavy (non-hydrogen) atoms. The van der Waals surface area contributed by atoms with Crippen molar-refractivity contribution in [3.05, 3.63) is 59.2 Å². The maximum absolute atomic E-state index is 12.7. The minimum Gasteiger partial charge on any atom is -0.389 e. The summed E-state index contributed by atoms with van der Waals surface area (Å²) in [5.41, 5.74) is 4.82. The molecule has 1 aliphatic rings. The minimum absolute atomic E-state index is 0.0200. The summed E-state index contributed by atoms with van der Waals surface area (Å²) in [5.74, 6) is -0.0200. The summed E-state index contributed by atoms with van der Waals surface area (Å²) < 4.78 is 0. The van der Waals surface area contributed by atoms with E-state index in [1.54, 1.807) is 18.7 Å². The Labute approximate surface area is 137 Å².